The molecule has 2 rings (SSSR count). The topological polar surface area (TPSA) is 69.4 Å². The number of ether oxygens (including phenoxy) is 1. The van der Waals surface area contributed by atoms with E-state index in [9.17, 15) is 8.42 Å². The second-order valence-electron chi connectivity index (χ2n) is 4.68. The third-order valence-corrected chi connectivity index (χ3v) is 4.95. The highest BCUT2D eigenvalue weighted by Gasteiger charge is 2.67. The van der Waals surface area contributed by atoms with Crippen LogP contribution in [-0.2, 0) is 14.6 Å². The van der Waals surface area contributed by atoms with Crippen molar-refractivity contribution in [2.45, 2.75) is 16.7 Å². The van der Waals surface area contributed by atoms with E-state index < -0.39 is 20.6 Å². The van der Waals surface area contributed by atoms with E-state index in [1.807, 2.05) is 30.3 Å². The Morgan fingerprint density at radius 2 is 1.94 bits per heavy atom. The molecule has 4 nitrogen and oxygen atoms in total. The molecule has 0 spiro atoms. The average Bonchev–Trinajstić information content (AvgIpc) is 2.86. The van der Waals surface area contributed by atoms with Gasteiger partial charge in [-0.3, -0.25) is 0 Å². The lowest BCUT2D eigenvalue weighted by Gasteiger charge is -2.09. The van der Waals surface area contributed by atoms with Gasteiger partial charge in [0.05, 0.1) is 17.4 Å². The van der Waals surface area contributed by atoms with Crippen molar-refractivity contribution in [1.82, 2.24) is 0 Å². The normalized spacial score (nSPS) is 32.4. The first kappa shape index (κ1) is 12.5. The summed E-state index contributed by atoms with van der Waals surface area (Å²) in [5.74, 6) is -0.168. The van der Waals surface area contributed by atoms with Gasteiger partial charge < -0.3 is 10.5 Å². The smallest absolute Gasteiger partial charge is 0.152 e. The summed E-state index contributed by atoms with van der Waals surface area (Å²) in [6, 6.07) is 9.50. The van der Waals surface area contributed by atoms with E-state index in [1.54, 1.807) is 0 Å². The summed E-state index contributed by atoms with van der Waals surface area (Å²) < 4.78 is 28.5. The number of nitrogens with two attached hydrogens (primary N) is 1. The Morgan fingerprint density at radius 1 is 1.35 bits per heavy atom. The van der Waals surface area contributed by atoms with E-state index in [1.165, 1.54) is 13.4 Å². The summed E-state index contributed by atoms with van der Waals surface area (Å²) in [5, 5.41) is -0.544. The van der Waals surface area contributed by atoms with Gasteiger partial charge in [-0.05, 0) is 5.56 Å². The van der Waals surface area contributed by atoms with Crippen LogP contribution < -0.4 is 5.73 Å². The molecule has 0 bridgehead atoms. The fourth-order valence-electron chi connectivity index (χ4n) is 2.64. The Morgan fingerprint density at radius 3 is 2.41 bits per heavy atom. The second kappa shape index (κ2) is 4.08. The summed E-state index contributed by atoms with van der Waals surface area (Å²) in [6.07, 6.45) is 1.23. The zero-order valence-electron chi connectivity index (χ0n) is 9.96. The minimum atomic E-state index is -3.16. The number of hydrogen-bond donors (Lipinski definition) is 1. The van der Waals surface area contributed by atoms with Gasteiger partial charge in [-0.25, -0.2) is 8.42 Å². The first-order chi connectivity index (χ1) is 7.91. The van der Waals surface area contributed by atoms with Crippen LogP contribution in [0.5, 0.6) is 0 Å². The molecule has 1 aliphatic rings. The van der Waals surface area contributed by atoms with Crippen molar-refractivity contribution < 1.29 is 13.2 Å². The highest BCUT2D eigenvalue weighted by atomic mass is 32.2. The average molecular weight is 255 g/mol. The van der Waals surface area contributed by atoms with Crippen LogP contribution in [0.3, 0.4) is 0 Å². The van der Waals surface area contributed by atoms with E-state index in [4.69, 9.17) is 10.5 Å². The lowest BCUT2D eigenvalue weighted by Crippen LogP contribution is -2.35. The number of benzene rings is 1. The third kappa shape index (κ3) is 2.10. The number of sulfone groups is 1. The fourth-order valence-corrected chi connectivity index (χ4v) is 4.47. The minimum absolute atomic E-state index is 0.168. The molecule has 1 aromatic rings. The van der Waals surface area contributed by atoms with Crippen LogP contribution >= 0.6 is 0 Å². The molecule has 1 aliphatic carbocycles. The molecular formula is C12H17NO3S. The molecule has 1 fully saturated rings. The summed E-state index contributed by atoms with van der Waals surface area (Å²) in [7, 11) is -1.63. The summed E-state index contributed by atoms with van der Waals surface area (Å²) in [5.41, 5.74) is 6.33. The van der Waals surface area contributed by atoms with E-state index in [-0.39, 0.29) is 12.5 Å². The lowest BCUT2D eigenvalue weighted by atomic mass is 10.1. The number of hydrogen-bond acceptors (Lipinski definition) is 4. The van der Waals surface area contributed by atoms with Crippen molar-refractivity contribution in [1.29, 1.82) is 0 Å². The Hall–Kier alpha value is -0.910. The van der Waals surface area contributed by atoms with Gasteiger partial charge in [-0.1, -0.05) is 30.3 Å². The highest BCUT2D eigenvalue weighted by Crippen LogP contribution is 2.53. The van der Waals surface area contributed by atoms with Crippen molar-refractivity contribution in [2.75, 3.05) is 20.0 Å². The maximum absolute atomic E-state index is 11.7. The zero-order valence-corrected chi connectivity index (χ0v) is 10.8. The molecule has 1 aromatic carbocycles. The van der Waals surface area contributed by atoms with E-state index in [0.717, 1.165) is 5.56 Å². The van der Waals surface area contributed by atoms with Gasteiger partial charge in [0.2, 0.25) is 0 Å². The Bertz CT molecular complexity index is 500. The molecule has 0 heterocycles. The number of rotatable bonds is 4. The predicted molar refractivity (Wildman–Crippen MR) is 66.6 cm³/mol. The Balaban J connectivity index is 2.35. The predicted octanol–water partition coefficient (Wildman–Crippen LogP) is 0.541. The minimum Gasteiger partial charge on any atom is -0.383 e. The molecule has 94 valence electrons. The molecule has 0 aromatic heterocycles. The van der Waals surface area contributed by atoms with Crippen LogP contribution in [0, 0.1) is 0 Å². The molecule has 1 saturated carbocycles. The van der Waals surface area contributed by atoms with E-state index in [2.05, 4.69) is 0 Å². The van der Waals surface area contributed by atoms with Crippen LogP contribution in [0.2, 0.25) is 0 Å². The van der Waals surface area contributed by atoms with Crippen LogP contribution in [0.25, 0.3) is 0 Å². The maximum atomic E-state index is 11.7. The molecule has 5 heteroatoms. The summed E-state index contributed by atoms with van der Waals surface area (Å²) >= 11 is 0. The first-order valence-electron chi connectivity index (χ1n) is 5.43. The fraction of sp³-hybridized carbons (Fsp3) is 0.500. The van der Waals surface area contributed by atoms with Crippen molar-refractivity contribution in [2.24, 2.45) is 5.73 Å². The van der Waals surface area contributed by atoms with Gasteiger partial charge in [0, 0.05) is 19.3 Å². The lowest BCUT2D eigenvalue weighted by molar-refractivity contribution is 0.171. The SMILES string of the molecule is COCC1(N)C(c2ccccc2)C1S(C)(=O)=O. The van der Waals surface area contributed by atoms with Crippen LogP contribution in [0.1, 0.15) is 11.5 Å². The molecule has 3 unspecified atom stereocenters. The van der Waals surface area contributed by atoms with Gasteiger partial charge in [0.15, 0.2) is 9.84 Å². The highest BCUT2D eigenvalue weighted by molar-refractivity contribution is 7.91. The van der Waals surface area contributed by atoms with Gasteiger partial charge in [0.1, 0.15) is 0 Å². The molecule has 0 radical (unpaired) electrons. The molecule has 0 saturated heterocycles. The second-order valence-corrected chi connectivity index (χ2v) is 6.85. The molecule has 2 N–H and O–H groups in total. The standard InChI is InChI=1S/C12H17NO3S/c1-16-8-12(13)10(11(12)17(2,14)15)9-6-4-3-5-7-9/h3-7,10-11H,8,13H2,1-2H3. The quantitative estimate of drug-likeness (QED) is 0.852. The Labute approximate surface area is 102 Å². The molecule has 0 aliphatic heterocycles. The van der Waals surface area contributed by atoms with E-state index in [0.29, 0.717) is 0 Å². The van der Waals surface area contributed by atoms with E-state index >= 15 is 0 Å². The zero-order chi connectivity index (χ0) is 12.7. The van der Waals surface area contributed by atoms with Crippen molar-refractivity contribution in [3.05, 3.63) is 35.9 Å². The van der Waals surface area contributed by atoms with Crippen LogP contribution in [0.4, 0.5) is 0 Å². The van der Waals surface area contributed by atoms with Gasteiger partial charge in [-0.2, -0.15) is 0 Å². The largest absolute Gasteiger partial charge is 0.383 e. The first-order valence-corrected chi connectivity index (χ1v) is 7.38. The van der Waals surface area contributed by atoms with Crippen LogP contribution in [-0.4, -0.2) is 39.2 Å². The third-order valence-electron chi connectivity index (χ3n) is 3.32. The molecule has 17 heavy (non-hydrogen) atoms. The number of methoxy groups -OCH3 is 1. The van der Waals surface area contributed by atoms with Crippen molar-refractivity contribution in [3.63, 3.8) is 0 Å². The molecule has 0 amide bonds. The monoisotopic (exact) mass is 255 g/mol. The van der Waals surface area contributed by atoms with Crippen molar-refractivity contribution >= 4 is 9.84 Å². The molecular weight excluding hydrogens is 238 g/mol. The van der Waals surface area contributed by atoms with Gasteiger partial charge in [-0.15, -0.1) is 0 Å². The van der Waals surface area contributed by atoms with Gasteiger partial charge in [0.25, 0.3) is 0 Å². The molecule has 3 atom stereocenters. The summed E-state index contributed by atoms with van der Waals surface area (Å²) in [6.45, 7) is 0.254. The van der Waals surface area contributed by atoms with Gasteiger partial charge >= 0.3 is 0 Å². The Kier molecular flexibility index (Phi) is 3.01. The maximum Gasteiger partial charge on any atom is 0.152 e. The summed E-state index contributed by atoms with van der Waals surface area (Å²) in [4.78, 5) is 0. The van der Waals surface area contributed by atoms with Crippen molar-refractivity contribution in [3.8, 4) is 0 Å². The van der Waals surface area contributed by atoms with Crippen LogP contribution in [0.15, 0.2) is 30.3 Å².